The van der Waals surface area contributed by atoms with Crippen LogP contribution in [0.25, 0.3) is 0 Å². The number of carboxylic acid groups (broad SMARTS) is 1. The minimum Gasteiger partial charge on any atom is -0.497 e. The fraction of sp³-hybridized carbons (Fsp3) is 0.579. The van der Waals surface area contributed by atoms with Crippen molar-refractivity contribution in [2.24, 2.45) is 11.3 Å². The van der Waals surface area contributed by atoms with Crippen molar-refractivity contribution in [3.63, 3.8) is 0 Å². The summed E-state index contributed by atoms with van der Waals surface area (Å²) in [6, 6.07) is 5.59. The van der Waals surface area contributed by atoms with E-state index >= 15 is 0 Å². The average Bonchev–Trinajstić information content (AvgIpc) is 3.17. The number of fused-ring (bicyclic) bond motifs is 1. The van der Waals surface area contributed by atoms with Crippen LogP contribution in [0.4, 0.5) is 0 Å². The van der Waals surface area contributed by atoms with Crippen LogP contribution in [0.15, 0.2) is 18.2 Å². The molecule has 1 heterocycles. The van der Waals surface area contributed by atoms with Gasteiger partial charge in [-0.05, 0) is 42.9 Å². The molecule has 2 aliphatic rings. The highest BCUT2D eigenvalue weighted by molar-refractivity contribution is 5.81. The van der Waals surface area contributed by atoms with Crippen LogP contribution in [-0.2, 0) is 16.0 Å². The van der Waals surface area contributed by atoms with Crippen molar-refractivity contribution < 1.29 is 24.2 Å². The van der Waals surface area contributed by atoms with Gasteiger partial charge in [0.1, 0.15) is 11.5 Å². The average molecular weight is 347 g/mol. The molecule has 1 N–H and O–H groups in total. The third-order valence-electron chi connectivity index (χ3n) is 5.69. The van der Waals surface area contributed by atoms with Crippen LogP contribution in [0.2, 0.25) is 0 Å². The number of hydrogen-bond acceptors (Lipinski definition) is 4. The molecular formula is C19H25NO5. The van der Waals surface area contributed by atoms with E-state index in [1.165, 1.54) is 0 Å². The fourth-order valence-electron chi connectivity index (χ4n) is 4.25. The van der Waals surface area contributed by atoms with Crippen molar-refractivity contribution in [1.82, 2.24) is 4.90 Å². The highest BCUT2D eigenvalue weighted by Gasteiger charge is 2.55. The van der Waals surface area contributed by atoms with Crippen molar-refractivity contribution in [2.75, 3.05) is 27.3 Å². The molecule has 1 aliphatic heterocycles. The summed E-state index contributed by atoms with van der Waals surface area (Å²) in [5.74, 6) is 0.773. The molecule has 2 fully saturated rings. The van der Waals surface area contributed by atoms with Crippen LogP contribution in [0.1, 0.15) is 31.2 Å². The zero-order valence-corrected chi connectivity index (χ0v) is 14.8. The van der Waals surface area contributed by atoms with Crippen molar-refractivity contribution in [3.05, 3.63) is 23.8 Å². The maximum absolute atomic E-state index is 12.6. The Hall–Kier alpha value is -2.24. The molecule has 0 radical (unpaired) electrons. The number of carbonyl (C=O) groups is 2. The number of rotatable bonds is 6. The molecule has 1 aromatic carbocycles. The number of benzene rings is 1. The third-order valence-corrected chi connectivity index (χ3v) is 5.69. The molecule has 0 aromatic heterocycles. The van der Waals surface area contributed by atoms with Crippen molar-refractivity contribution in [3.8, 4) is 11.5 Å². The molecule has 1 aliphatic carbocycles. The summed E-state index contributed by atoms with van der Waals surface area (Å²) in [4.78, 5) is 26.1. The summed E-state index contributed by atoms with van der Waals surface area (Å²) in [5, 5.41) is 9.63. The van der Waals surface area contributed by atoms with E-state index in [1.54, 1.807) is 25.2 Å². The van der Waals surface area contributed by atoms with E-state index in [0.29, 0.717) is 43.9 Å². The van der Waals surface area contributed by atoms with Crippen LogP contribution < -0.4 is 9.47 Å². The van der Waals surface area contributed by atoms with Gasteiger partial charge in [-0.25, -0.2) is 0 Å². The lowest BCUT2D eigenvalue weighted by Gasteiger charge is -2.23. The second-order valence-corrected chi connectivity index (χ2v) is 7.05. The van der Waals surface area contributed by atoms with Gasteiger partial charge in [-0.15, -0.1) is 0 Å². The largest absolute Gasteiger partial charge is 0.497 e. The first kappa shape index (κ1) is 17.6. The number of amides is 1. The molecule has 6 nitrogen and oxygen atoms in total. The predicted octanol–water partition coefficient (Wildman–Crippen LogP) is 2.35. The number of hydrogen-bond donors (Lipinski definition) is 1. The SMILES string of the molecule is COc1cc(CCC(=O)N2C[C@@H]3CCC[C@@]3(C(=O)O)C2)cc(OC)c1. The Balaban J connectivity index is 1.63. The normalized spacial score (nSPS) is 24.9. The van der Waals surface area contributed by atoms with Gasteiger partial charge in [0.25, 0.3) is 0 Å². The lowest BCUT2D eigenvalue weighted by molar-refractivity contribution is -0.149. The second-order valence-electron chi connectivity index (χ2n) is 7.05. The van der Waals surface area contributed by atoms with E-state index < -0.39 is 11.4 Å². The molecular weight excluding hydrogens is 322 g/mol. The highest BCUT2D eigenvalue weighted by atomic mass is 16.5. The fourth-order valence-corrected chi connectivity index (χ4v) is 4.25. The molecule has 1 saturated carbocycles. The van der Waals surface area contributed by atoms with Gasteiger partial charge in [0, 0.05) is 25.6 Å². The number of carboxylic acids is 1. The van der Waals surface area contributed by atoms with Crippen LogP contribution in [0.3, 0.4) is 0 Å². The number of methoxy groups -OCH3 is 2. The highest BCUT2D eigenvalue weighted by Crippen LogP contribution is 2.49. The molecule has 1 saturated heterocycles. The topological polar surface area (TPSA) is 76.1 Å². The minimum atomic E-state index is -0.747. The van der Waals surface area contributed by atoms with Gasteiger partial charge < -0.3 is 19.5 Å². The molecule has 3 rings (SSSR count). The van der Waals surface area contributed by atoms with Crippen LogP contribution in [-0.4, -0.2) is 49.2 Å². The summed E-state index contributed by atoms with van der Waals surface area (Å²) >= 11 is 0. The number of aryl methyl sites for hydroxylation is 1. The molecule has 0 unspecified atom stereocenters. The Morgan fingerprint density at radius 1 is 1.24 bits per heavy atom. The van der Waals surface area contributed by atoms with Crippen molar-refractivity contribution in [2.45, 2.75) is 32.1 Å². The van der Waals surface area contributed by atoms with E-state index in [0.717, 1.165) is 18.4 Å². The maximum atomic E-state index is 12.6. The van der Waals surface area contributed by atoms with Gasteiger partial charge in [-0.3, -0.25) is 9.59 Å². The molecule has 6 heteroatoms. The smallest absolute Gasteiger partial charge is 0.311 e. The van der Waals surface area contributed by atoms with Gasteiger partial charge >= 0.3 is 5.97 Å². The van der Waals surface area contributed by atoms with Crippen LogP contribution in [0, 0.1) is 11.3 Å². The van der Waals surface area contributed by atoms with E-state index in [4.69, 9.17) is 9.47 Å². The van der Waals surface area contributed by atoms with E-state index in [1.807, 2.05) is 12.1 Å². The van der Waals surface area contributed by atoms with Gasteiger partial charge in [0.15, 0.2) is 0 Å². The zero-order chi connectivity index (χ0) is 18.0. The lowest BCUT2D eigenvalue weighted by Crippen LogP contribution is -2.37. The Labute approximate surface area is 147 Å². The summed E-state index contributed by atoms with van der Waals surface area (Å²) in [6.45, 7) is 0.930. The monoisotopic (exact) mass is 347 g/mol. The molecule has 2 atom stereocenters. The number of carbonyl (C=O) groups excluding carboxylic acids is 1. The Morgan fingerprint density at radius 2 is 1.92 bits per heavy atom. The summed E-state index contributed by atoms with van der Waals surface area (Å²) in [5.41, 5.74) is 0.256. The number of ether oxygens (including phenoxy) is 2. The Kier molecular flexibility index (Phi) is 4.88. The molecule has 0 bridgehead atoms. The first-order valence-electron chi connectivity index (χ1n) is 8.71. The zero-order valence-electron chi connectivity index (χ0n) is 14.8. The summed E-state index contributed by atoms with van der Waals surface area (Å²) in [6.07, 6.45) is 3.47. The van der Waals surface area contributed by atoms with Gasteiger partial charge in [0.2, 0.25) is 5.91 Å². The summed E-state index contributed by atoms with van der Waals surface area (Å²) in [7, 11) is 3.19. The summed E-state index contributed by atoms with van der Waals surface area (Å²) < 4.78 is 10.5. The Bertz CT molecular complexity index is 652. The third kappa shape index (κ3) is 3.30. The first-order chi connectivity index (χ1) is 12.0. The van der Waals surface area contributed by atoms with E-state index in [-0.39, 0.29) is 11.8 Å². The standard InChI is InChI=1S/C19H25NO5/c1-24-15-8-13(9-16(10-15)25-2)5-6-17(21)20-11-14-4-3-7-19(14,12-20)18(22)23/h8-10,14H,3-7,11-12H2,1-2H3,(H,22,23)/t14-,19+/m0/s1. The second kappa shape index (κ2) is 6.94. The maximum Gasteiger partial charge on any atom is 0.311 e. The Morgan fingerprint density at radius 3 is 2.48 bits per heavy atom. The molecule has 0 spiro atoms. The first-order valence-corrected chi connectivity index (χ1v) is 8.71. The molecule has 136 valence electrons. The van der Waals surface area contributed by atoms with Crippen molar-refractivity contribution >= 4 is 11.9 Å². The lowest BCUT2D eigenvalue weighted by atomic mass is 9.81. The molecule has 1 aromatic rings. The van der Waals surface area contributed by atoms with E-state index in [2.05, 4.69) is 0 Å². The van der Waals surface area contributed by atoms with Gasteiger partial charge in [-0.1, -0.05) is 6.42 Å². The van der Waals surface area contributed by atoms with E-state index in [9.17, 15) is 14.7 Å². The van der Waals surface area contributed by atoms with Crippen molar-refractivity contribution in [1.29, 1.82) is 0 Å². The van der Waals surface area contributed by atoms with Gasteiger partial charge in [-0.2, -0.15) is 0 Å². The molecule has 1 amide bonds. The minimum absolute atomic E-state index is 0.0248. The number of aliphatic carboxylic acids is 1. The van der Waals surface area contributed by atoms with Crippen LogP contribution >= 0.6 is 0 Å². The van der Waals surface area contributed by atoms with Crippen LogP contribution in [0.5, 0.6) is 11.5 Å². The number of nitrogens with zero attached hydrogens (tertiary/aromatic N) is 1. The quantitative estimate of drug-likeness (QED) is 0.855. The van der Waals surface area contributed by atoms with Gasteiger partial charge in [0.05, 0.1) is 19.6 Å². The number of likely N-dealkylation sites (tertiary alicyclic amines) is 1. The molecule has 25 heavy (non-hydrogen) atoms. The predicted molar refractivity (Wildman–Crippen MR) is 91.9 cm³/mol.